The van der Waals surface area contributed by atoms with Crippen molar-refractivity contribution in [3.05, 3.63) is 64.7 Å². The summed E-state index contributed by atoms with van der Waals surface area (Å²) in [5, 5.41) is 25.7. The summed E-state index contributed by atoms with van der Waals surface area (Å²) in [7, 11) is 0. The van der Waals surface area contributed by atoms with Crippen LogP contribution in [0.2, 0.25) is 5.02 Å². The van der Waals surface area contributed by atoms with Gasteiger partial charge in [-0.15, -0.1) is 15.3 Å². The Kier molecular flexibility index (Phi) is 4.44. The molecule has 0 aliphatic rings. The molecule has 2 heterocycles. The van der Waals surface area contributed by atoms with Crippen molar-refractivity contribution >= 4 is 38.7 Å². The van der Waals surface area contributed by atoms with Gasteiger partial charge in [0.1, 0.15) is 5.75 Å². The number of halogens is 2. The normalized spacial score (nSPS) is 11.2. The van der Waals surface area contributed by atoms with Crippen molar-refractivity contribution in [3.63, 3.8) is 0 Å². The number of hydrogen-bond donors (Lipinski definition) is 2. The number of hydrogen-bond acceptors (Lipinski definition) is 6. The van der Waals surface area contributed by atoms with E-state index in [9.17, 15) is 9.50 Å². The van der Waals surface area contributed by atoms with Gasteiger partial charge in [0.05, 0.1) is 10.7 Å². The van der Waals surface area contributed by atoms with Gasteiger partial charge in [-0.25, -0.2) is 4.39 Å². The molecule has 4 aromatic rings. The van der Waals surface area contributed by atoms with Gasteiger partial charge in [0, 0.05) is 6.42 Å². The van der Waals surface area contributed by atoms with Gasteiger partial charge in [-0.05, 0) is 36.2 Å². The lowest BCUT2D eigenvalue weighted by atomic mass is 10.1. The van der Waals surface area contributed by atoms with E-state index in [2.05, 4.69) is 20.6 Å². The summed E-state index contributed by atoms with van der Waals surface area (Å²) < 4.78 is 15.7. The fourth-order valence-electron chi connectivity index (χ4n) is 2.55. The lowest BCUT2D eigenvalue weighted by molar-refractivity contribution is 0.474. The first kappa shape index (κ1) is 16.7. The van der Waals surface area contributed by atoms with Crippen LogP contribution in [0.3, 0.4) is 0 Å². The number of fused-ring (bicyclic) bond motifs is 1. The van der Waals surface area contributed by atoms with Crippen molar-refractivity contribution in [1.82, 2.24) is 19.8 Å². The zero-order valence-electron chi connectivity index (χ0n) is 13.4. The van der Waals surface area contributed by atoms with E-state index in [-0.39, 0.29) is 16.5 Å². The summed E-state index contributed by atoms with van der Waals surface area (Å²) in [5.41, 5.74) is 1.25. The Morgan fingerprint density at radius 3 is 2.85 bits per heavy atom. The molecule has 0 aliphatic heterocycles. The summed E-state index contributed by atoms with van der Waals surface area (Å²) >= 11 is 7.07. The topological polar surface area (TPSA) is 75.3 Å². The Bertz CT molecular complexity index is 1080. The Balaban J connectivity index is 1.54. The molecular weight excluding hydrogens is 377 g/mol. The summed E-state index contributed by atoms with van der Waals surface area (Å²) in [6.07, 6.45) is 1.30. The van der Waals surface area contributed by atoms with Gasteiger partial charge in [-0.1, -0.05) is 41.1 Å². The largest absolute Gasteiger partial charge is 0.508 e. The first-order valence-electron chi connectivity index (χ1n) is 7.80. The molecule has 4 rings (SSSR count). The van der Waals surface area contributed by atoms with Crippen LogP contribution >= 0.6 is 22.9 Å². The maximum atomic E-state index is 14.0. The SMILES string of the molecule is Oc1cccc(CCc2nnc3sc(Nc4cccc(Cl)c4F)nn23)c1. The predicted molar refractivity (Wildman–Crippen MR) is 98.9 cm³/mol. The molecule has 0 unspecified atom stereocenters. The highest BCUT2D eigenvalue weighted by Crippen LogP contribution is 2.28. The molecule has 6 nitrogen and oxygen atoms in total. The maximum absolute atomic E-state index is 14.0. The van der Waals surface area contributed by atoms with Crippen LogP contribution in [0.1, 0.15) is 11.4 Å². The summed E-state index contributed by atoms with van der Waals surface area (Å²) in [4.78, 5) is 0.612. The van der Waals surface area contributed by atoms with Crippen molar-refractivity contribution in [3.8, 4) is 5.75 Å². The second kappa shape index (κ2) is 6.89. The molecule has 0 fully saturated rings. The molecule has 0 atom stereocenters. The van der Waals surface area contributed by atoms with E-state index in [4.69, 9.17) is 11.6 Å². The lowest BCUT2D eigenvalue weighted by Gasteiger charge is -2.04. The molecule has 0 spiro atoms. The Morgan fingerprint density at radius 1 is 1.15 bits per heavy atom. The molecule has 0 aliphatic carbocycles. The average Bonchev–Trinajstić information content (AvgIpc) is 3.18. The third-order valence-corrected chi connectivity index (χ3v) is 4.90. The van der Waals surface area contributed by atoms with Gasteiger partial charge in [0.25, 0.3) is 0 Å². The highest BCUT2D eigenvalue weighted by atomic mass is 35.5. The van der Waals surface area contributed by atoms with Gasteiger partial charge in [-0.3, -0.25) is 0 Å². The van der Waals surface area contributed by atoms with Gasteiger partial charge in [-0.2, -0.15) is 4.52 Å². The fourth-order valence-corrected chi connectivity index (χ4v) is 3.49. The van der Waals surface area contributed by atoms with E-state index >= 15 is 0 Å². The smallest absolute Gasteiger partial charge is 0.236 e. The number of phenolic OH excluding ortho intramolecular Hbond substituents is 1. The second-order valence-corrected chi connectivity index (χ2v) is 6.98. The van der Waals surface area contributed by atoms with Crippen LogP contribution in [0.5, 0.6) is 5.75 Å². The number of aryl methyl sites for hydroxylation is 2. The third-order valence-electron chi connectivity index (χ3n) is 3.80. The number of benzene rings is 2. The molecule has 2 aromatic carbocycles. The molecule has 0 amide bonds. The number of nitrogens with one attached hydrogen (secondary N) is 1. The molecule has 9 heteroatoms. The molecule has 0 radical (unpaired) electrons. The second-order valence-electron chi connectivity index (χ2n) is 5.61. The number of rotatable bonds is 5. The zero-order valence-corrected chi connectivity index (χ0v) is 14.9. The number of nitrogens with zero attached hydrogens (tertiary/aromatic N) is 4. The monoisotopic (exact) mass is 389 g/mol. The minimum absolute atomic E-state index is 0.0461. The zero-order chi connectivity index (χ0) is 18.1. The number of anilines is 2. The van der Waals surface area contributed by atoms with E-state index in [0.29, 0.717) is 28.8 Å². The number of aromatic nitrogens is 4. The standard InChI is InChI=1S/C17H13ClFN5OS/c18-12-5-2-6-13(15(12)19)20-16-23-24-14(21-22-17(24)26-16)8-7-10-3-1-4-11(25)9-10/h1-6,9,25H,7-8H2,(H,20,23). The predicted octanol–water partition coefficient (Wildman–Crippen LogP) is 4.21. The molecule has 0 saturated carbocycles. The van der Waals surface area contributed by atoms with Crippen molar-refractivity contribution in [2.24, 2.45) is 0 Å². The molecule has 26 heavy (non-hydrogen) atoms. The van der Waals surface area contributed by atoms with Crippen LogP contribution < -0.4 is 5.32 Å². The van der Waals surface area contributed by atoms with E-state index in [1.165, 1.54) is 17.4 Å². The molecule has 0 saturated heterocycles. The van der Waals surface area contributed by atoms with Crippen LogP contribution in [-0.4, -0.2) is 24.9 Å². The lowest BCUT2D eigenvalue weighted by Crippen LogP contribution is -2.00. The van der Waals surface area contributed by atoms with E-state index in [0.717, 1.165) is 5.56 Å². The first-order chi connectivity index (χ1) is 12.6. The van der Waals surface area contributed by atoms with E-state index in [1.54, 1.807) is 34.8 Å². The van der Waals surface area contributed by atoms with Crippen LogP contribution in [0.15, 0.2) is 42.5 Å². The Labute approximate surface area is 156 Å². The maximum Gasteiger partial charge on any atom is 0.236 e. The van der Waals surface area contributed by atoms with E-state index in [1.807, 2.05) is 6.07 Å². The minimum Gasteiger partial charge on any atom is -0.508 e. The Morgan fingerprint density at radius 2 is 2.00 bits per heavy atom. The highest BCUT2D eigenvalue weighted by molar-refractivity contribution is 7.20. The minimum atomic E-state index is -0.524. The third kappa shape index (κ3) is 3.33. The van der Waals surface area contributed by atoms with Crippen LogP contribution in [0.4, 0.5) is 15.2 Å². The van der Waals surface area contributed by atoms with Crippen LogP contribution in [-0.2, 0) is 12.8 Å². The summed E-state index contributed by atoms with van der Waals surface area (Å²) in [6, 6.07) is 11.8. The van der Waals surface area contributed by atoms with Crippen LogP contribution in [0.25, 0.3) is 4.96 Å². The molecule has 132 valence electrons. The van der Waals surface area contributed by atoms with Gasteiger partial charge >= 0.3 is 0 Å². The fraction of sp³-hybridized carbons (Fsp3) is 0.118. The quantitative estimate of drug-likeness (QED) is 0.534. The van der Waals surface area contributed by atoms with Gasteiger partial charge < -0.3 is 10.4 Å². The summed E-state index contributed by atoms with van der Waals surface area (Å²) in [5.74, 6) is 0.404. The van der Waals surface area contributed by atoms with Crippen molar-refractivity contribution < 1.29 is 9.50 Å². The first-order valence-corrected chi connectivity index (χ1v) is 8.99. The number of phenols is 1. The molecule has 2 aromatic heterocycles. The highest BCUT2D eigenvalue weighted by Gasteiger charge is 2.14. The van der Waals surface area contributed by atoms with Gasteiger partial charge in [0.2, 0.25) is 10.1 Å². The van der Waals surface area contributed by atoms with Crippen molar-refractivity contribution in [2.75, 3.05) is 5.32 Å². The Hall–Kier alpha value is -2.71. The van der Waals surface area contributed by atoms with Crippen molar-refractivity contribution in [2.45, 2.75) is 12.8 Å². The average molecular weight is 390 g/mol. The van der Waals surface area contributed by atoms with Crippen molar-refractivity contribution in [1.29, 1.82) is 0 Å². The summed E-state index contributed by atoms with van der Waals surface area (Å²) in [6.45, 7) is 0. The van der Waals surface area contributed by atoms with E-state index < -0.39 is 5.82 Å². The number of aromatic hydroxyl groups is 1. The molecule has 2 N–H and O–H groups in total. The van der Waals surface area contributed by atoms with Crippen LogP contribution in [0, 0.1) is 5.82 Å². The molecule has 0 bridgehead atoms. The van der Waals surface area contributed by atoms with Gasteiger partial charge in [0.15, 0.2) is 11.6 Å². The molecular formula is C17H13ClFN5OS.